The number of fused-ring (bicyclic) bond motifs is 1. The highest BCUT2D eigenvalue weighted by atomic mass is 35.5. The van der Waals surface area contributed by atoms with Crippen LogP contribution in [0.3, 0.4) is 0 Å². The predicted molar refractivity (Wildman–Crippen MR) is 48.9 cm³/mol. The molecule has 12 heavy (non-hydrogen) atoms. The van der Waals surface area contributed by atoms with E-state index in [0.717, 1.165) is 5.39 Å². The van der Waals surface area contributed by atoms with Crippen LogP contribution in [0.2, 0.25) is 5.02 Å². The lowest BCUT2D eigenvalue weighted by molar-refractivity contribution is 0.640. The van der Waals surface area contributed by atoms with Gasteiger partial charge in [-0.15, -0.1) is 0 Å². The van der Waals surface area contributed by atoms with Crippen LogP contribution in [0.5, 0.6) is 0 Å². The quantitative estimate of drug-likeness (QED) is 0.581. The van der Waals surface area contributed by atoms with Crippen molar-refractivity contribution in [3.8, 4) is 0 Å². The average Bonchev–Trinajstić information content (AvgIpc) is 2.07. The van der Waals surface area contributed by atoms with Crippen molar-refractivity contribution >= 4 is 22.4 Å². The lowest BCUT2D eigenvalue weighted by Crippen LogP contribution is -1.77. The van der Waals surface area contributed by atoms with Gasteiger partial charge in [-0.3, -0.25) is 0 Å². The summed E-state index contributed by atoms with van der Waals surface area (Å²) in [6.45, 7) is 0. The Bertz CT molecular complexity index is 423. The van der Waals surface area contributed by atoms with E-state index in [4.69, 9.17) is 11.6 Å². The van der Waals surface area contributed by atoms with Crippen molar-refractivity contribution in [3.05, 3.63) is 47.2 Å². The second-order valence-electron chi connectivity index (χ2n) is 2.61. The van der Waals surface area contributed by atoms with Crippen molar-refractivity contribution in [3.63, 3.8) is 0 Å². The van der Waals surface area contributed by atoms with Gasteiger partial charge in [0.1, 0.15) is 5.82 Å². The maximum Gasteiger partial charge on any atom is 0.131 e. The molecule has 0 aliphatic heterocycles. The molecule has 0 aromatic heterocycles. The van der Waals surface area contributed by atoms with Crippen molar-refractivity contribution in [1.29, 1.82) is 0 Å². The van der Waals surface area contributed by atoms with E-state index in [9.17, 15) is 4.39 Å². The summed E-state index contributed by atoms with van der Waals surface area (Å²) in [4.78, 5) is 0. The first-order valence-corrected chi connectivity index (χ1v) is 3.99. The molecule has 0 heterocycles. The van der Waals surface area contributed by atoms with Gasteiger partial charge in [0.15, 0.2) is 0 Å². The van der Waals surface area contributed by atoms with Gasteiger partial charge in [0.05, 0.1) is 0 Å². The molecule has 2 heteroatoms. The van der Waals surface area contributed by atoms with E-state index in [-0.39, 0.29) is 5.82 Å². The fourth-order valence-corrected chi connectivity index (χ4v) is 1.38. The second-order valence-corrected chi connectivity index (χ2v) is 3.04. The van der Waals surface area contributed by atoms with E-state index in [2.05, 4.69) is 0 Å². The molecule has 0 aliphatic rings. The van der Waals surface area contributed by atoms with Crippen LogP contribution in [0.1, 0.15) is 0 Å². The number of halogens is 2. The molecule has 0 N–H and O–H groups in total. The van der Waals surface area contributed by atoms with Gasteiger partial charge in [-0.25, -0.2) is 4.39 Å². The van der Waals surface area contributed by atoms with E-state index < -0.39 is 0 Å². The Morgan fingerprint density at radius 2 is 1.92 bits per heavy atom. The third-order valence-corrected chi connectivity index (χ3v) is 2.03. The zero-order valence-electron chi connectivity index (χ0n) is 6.22. The summed E-state index contributed by atoms with van der Waals surface area (Å²) in [5.74, 6) is -0.227. The van der Waals surface area contributed by atoms with E-state index in [1.807, 2.05) is 6.07 Å². The van der Waals surface area contributed by atoms with Gasteiger partial charge in [0.25, 0.3) is 0 Å². The lowest BCUT2D eigenvalue weighted by Gasteiger charge is -1.98. The van der Waals surface area contributed by atoms with Crippen molar-refractivity contribution < 1.29 is 4.39 Å². The Morgan fingerprint density at radius 1 is 1.08 bits per heavy atom. The summed E-state index contributed by atoms with van der Waals surface area (Å²) < 4.78 is 13.1. The molecule has 0 radical (unpaired) electrons. The standard InChI is InChI=1S/C10H6ClF/c11-8-5-4-7-2-1-3-10(12)9(7)6-8/h1-6H. The Labute approximate surface area is 74.6 Å². The molecule has 0 unspecified atom stereocenters. The third kappa shape index (κ3) is 1.16. The normalized spacial score (nSPS) is 10.5. The molecule has 2 aromatic rings. The SMILES string of the molecule is Fc1cccc2ccc(Cl)cc12. The summed E-state index contributed by atoms with van der Waals surface area (Å²) in [5.41, 5.74) is 0. The van der Waals surface area contributed by atoms with Crippen LogP contribution in [0, 0.1) is 5.82 Å². The van der Waals surface area contributed by atoms with Crippen molar-refractivity contribution in [1.82, 2.24) is 0 Å². The minimum Gasteiger partial charge on any atom is -0.206 e. The van der Waals surface area contributed by atoms with Gasteiger partial charge in [-0.1, -0.05) is 29.8 Å². The first kappa shape index (κ1) is 7.56. The maximum atomic E-state index is 13.1. The summed E-state index contributed by atoms with van der Waals surface area (Å²) in [6, 6.07) is 10.2. The molecule has 0 nitrogen and oxygen atoms in total. The summed E-state index contributed by atoms with van der Waals surface area (Å²) >= 11 is 5.72. The van der Waals surface area contributed by atoms with E-state index in [1.54, 1.807) is 24.3 Å². The van der Waals surface area contributed by atoms with Crippen LogP contribution in [0.4, 0.5) is 4.39 Å². The molecule has 0 aliphatic carbocycles. The van der Waals surface area contributed by atoms with Gasteiger partial charge in [0, 0.05) is 10.4 Å². The van der Waals surface area contributed by atoms with Crippen molar-refractivity contribution in [2.24, 2.45) is 0 Å². The number of benzene rings is 2. The lowest BCUT2D eigenvalue weighted by atomic mass is 10.1. The summed E-state index contributed by atoms with van der Waals surface area (Å²) in [6.07, 6.45) is 0. The van der Waals surface area contributed by atoms with Crippen LogP contribution >= 0.6 is 11.6 Å². The topological polar surface area (TPSA) is 0 Å². The van der Waals surface area contributed by atoms with Crippen molar-refractivity contribution in [2.75, 3.05) is 0 Å². The molecule has 0 bridgehead atoms. The smallest absolute Gasteiger partial charge is 0.131 e. The first-order valence-electron chi connectivity index (χ1n) is 3.61. The number of hydrogen-bond acceptors (Lipinski definition) is 0. The Hall–Kier alpha value is -1.08. The Balaban J connectivity index is 2.88. The van der Waals surface area contributed by atoms with E-state index in [0.29, 0.717) is 10.4 Å². The van der Waals surface area contributed by atoms with Gasteiger partial charge >= 0.3 is 0 Å². The molecule has 0 spiro atoms. The molecular formula is C10H6ClF. The highest BCUT2D eigenvalue weighted by Gasteiger charge is 1.98. The van der Waals surface area contributed by atoms with Gasteiger partial charge in [0.2, 0.25) is 0 Å². The van der Waals surface area contributed by atoms with Crippen LogP contribution in [-0.2, 0) is 0 Å². The summed E-state index contributed by atoms with van der Waals surface area (Å²) in [7, 11) is 0. The molecule has 2 rings (SSSR count). The fraction of sp³-hybridized carbons (Fsp3) is 0. The minimum atomic E-state index is -0.227. The van der Waals surface area contributed by atoms with Crippen LogP contribution < -0.4 is 0 Å². The van der Waals surface area contributed by atoms with E-state index in [1.165, 1.54) is 6.07 Å². The van der Waals surface area contributed by atoms with E-state index >= 15 is 0 Å². The van der Waals surface area contributed by atoms with Gasteiger partial charge in [-0.2, -0.15) is 0 Å². The Morgan fingerprint density at radius 3 is 2.75 bits per heavy atom. The molecule has 0 saturated carbocycles. The molecule has 0 amide bonds. The highest BCUT2D eigenvalue weighted by Crippen LogP contribution is 2.21. The maximum absolute atomic E-state index is 13.1. The molecule has 0 fully saturated rings. The van der Waals surface area contributed by atoms with Gasteiger partial charge < -0.3 is 0 Å². The zero-order chi connectivity index (χ0) is 8.55. The highest BCUT2D eigenvalue weighted by molar-refractivity contribution is 6.31. The molecule has 0 atom stereocenters. The zero-order valence-corrected chi connectivity index (χ0v) is 6.98. The fourth-order valence-electron chi connectivity index (χ4n) is 1.21. The third-order valence-electron chi connectivity index (χ3n) is 1.79. The first-order chi connectivity index (χ1) is 5.77. The van der Waals surface area contributed by atoms with Gasteiger partial charge in [-0.05, 0) is 23.6 Å². The molecule has 0 saturated heterocycles. The van der Waals surface area contributed by atoms with Crippen LogP contribution in [0.15, 0.2) is 36.4 Å². The molecule has 60 valence electrons. The molecular weight excluding hydrogens is 175 g/mol. The number of hydrogen-bond donors (Lipinski definition) is 0. The number of rotatable bonds is 0. The second kappa shape index (κ2) is 2.76. The average molecular weight is 181 g/mol. The van der Waals surface area contributed by atoms with Crippen LogP contribution in [-0.4, -0.2) is 0 Å². The minimum absolute atomic E-state index is 0.227. The largest absolute Gasteiger partial charge is 0.206 e. The van der Waals surface area contributed by atoms with Crippen molar-refractivity contribution in [2.45, 2.75) is 0 Å². The molecule has 2 aromatic carbocycles. The summed E-state index contributed by atoms with van der Waals surface area (Å²) in [5, 5.41) is 2.01. The predicted octanol–water partition coefficient (Wildman–Crippen LogP) is 3.63. The Kier molecular flexibility index (Phi) is 1.74. The monoisotopic (exact) mass is 180 g/mol. The van der Waals surface area contributed by atoms with Crippen LogP contribution in [0.25, 0.3) is 10.8 Å².